The van der Waals surface area contributed by atoms with Crippen molar-refractivity contribution in [1.82, 2.24) is 14.9 Å². The van der Waals surface area contributed by atoms with Crippen LogP contribution in [0.25, 0.3) is 0 Å². The van der Waals surface area contributed by atoms with Gasteiger partial charge in [-0.3, -0.25) is 4.79 Å². The first-order valence-electron chi connectivity index (χ1n) is 8.03. The summed E-state index contributed by atoms with van der Waals surface area (Å²) in [4.78, 5) is 23.8. The van der Waals surface area contributed by atoms with E-state index in [9.17, 15) is 4.79 Å². The van der Waals surface area contributed by atoms with E-state index in [2.05, 4.69) is 25.8 Å². The average molecular weight is 285 g/mol. The number of rotatable bonds is 1. The van der Waals surface area contributed by atoms with E-state index in [0.29, 0.717) is 30.3 Å². The van der Waals surface area contributed by atoms with E-state index < -0.39 is 0 Å². The Morgan fingerprint density at radius 3 is 2.67 bits per heavy atom. The third kappa shape index (κ3) is 1.99. The monoisotopic (exact) mass is 285 g/mol. The quantitative estimate of drug-likeness (QED) is 0.797. The highest BCUT2D eigenvalue weighted by atomic mass is 16.2. The van der Waals surface area contributed by atoms with Crippen LogP contribution in [0.3, 0.4) is 0 Å². The number of hydrogen-bond acceptors (Lipinski definition) is 3. The van der Waals surface area contributed by atoms with E-state index in [0.717, 1.165) is 23.5 Å². The van der Waals surface area contributed by atoms with Gasteiger partial charge in [-0.05, 0) is 24.7 Å². The highest BCUT2D eigenvalue weighted by Gasteiger charge is 2.61. The molecule has 0 N–H and O–H groups in total. The molecular formula is C17H23N3O. The van der Waals surface area contributed by atoms with Crippen LogP contribution in [0.4, 0.5) is 0 Å². The first-order chi connectivity index (χ1) is 9.89. The Morgan fingerprint density at radius 1 is 1.33 bits per heavy atom. The summed E-state index contributed by atoms with van der Waals surface area (Å²) in [5, 5.41) is 0. The average Bonchev–Trinajstić information content (AvgIpc) is 3.01. The standard InChI is InChI=1S/C17H23N3O/c1-16(2,3)15-18-8-11-9-20(10-13(11)19-15)14(21)12-7-17(12)5-4-6-17/h8,12H,4-7,9-10H2,1-3H3. The molecule has 3 aliphatic rings. The Hall–Kier alpha value is -1.45. The molecular weight excluding hydrogens is 262 g/mol. The van der Waals surface area contributed by atoms with E-state index in [1.807, 2.05) is 11.1 Å². The molecule has 1 atom stereocenters. The van der Waals surface area contributed by atoms with Gasteiger partial charge in [0.1, 0.15) is 5.82 Å². The van der Waals surface area contributed by atoms with Crippen molar-refractivity contribution in [2.45, 2.75) is 65.0 Å². The van der Waals surface area contributed by atoms with Crippen LogP contribution in [0.1, 0.15) is 63.5 Å². The lowest BCUT2D eigenvalue weighted by molar-refractivity contribution is -0.134. The zero-order valence-corrected chi connectivity index (χ0v) is 13.1. The second-order valence-electron chi connectivity index (χ2n) is 8.08. The highest BCUT2D eigenvalue weighted by Crippen LogP contribution is 2.66. The third-order valence-corrected chi connectivity index (χ3v) is 5.48. The second-order valence-corrected chi connectivity index (χ2v) is 8.08. The van der Waals surface area contributed by atoms with Crippen molar-refractivity contribution in [3.05, 3.63) is 23.3 Å². The van der Waals surface area contributed by atoms with Crippen LogP contribution in [0.2, 0.25) is 0 Å². The Balaban J connectivity index is 1.50. The molecule has 2 heterocycles. The number of fused-ring (bicyclic) bond motifs is 1. The van der Waals surface area contributed by atoms with Gasteiger partial charge in [-0.25, -0.2) is 9.97 Å². The highest BCUT2D eigenvalue weighted by molar-refractivity contribution is 5.83. The van der Waals surface area contributed by atoms with Gasteiger partial charge in [0, 0.05) is 29.6 Å². The zero-order valence-electron chi connectivity index (χ0n) is 13.1. The fourth-order valence-electron chi connectivity index (χ4n) is 3.77. The number of hydrogen-bond donors (Lipinski definition) is 0. The molecule has 1 spiro atoms. The van der Waals surface area contributed by atoms with Gasteiger partial charge in [0.15, 0.2) is 0 Å². The maximum atomic E-state index is 12.6. The number of nitrogens with zero attached hydrogens (tertiary/aromatic N) is 3. The zero-order chi connectivity index (χ0) is 14.8. The molecule has 2 fully saturated rings. The summed E-state index contributed by atoms with van der Waals surface area (Å²) in [6.07, 6.45) is 6.88. The van der Waals surface area contributed by atoms with E-state index in [1.165, 1.54) is 19.3 Å². The largest absolute Gasteiger partial charge is 0.332 e. The van der Waals surface area contributed by atoms with E-state index in [4.69, 9.17) is 4.98 Å². The minimum Gasteiger partial charge on any atom is -0.332 e. The first-order valence-corrected chi connectivity index (χ1v) is 8.03. The van der Waals surface area contributed by atoms with Crippen LogP contribution >= 0.6 is 0 Å². The number of amides is 1. The minimum atomic E-state index is -0.0427. The molecule has 112 valence electrons. The normalized spacial score (nSPS) is 25.7. The maximum Gasteiger partial charge on any atom is 0.226 e. The Bertz CT molecular complexity index is 613. The number of carbonyl (C=O) groups is 1. The summed E-state index contributed by atoms with van der Waals surface area (Å²) in [5.41, 5.74) is 2.54. The van der Waals surface area contributed by atoms with Gasteiger partial charge in [-0.2, -0.15) is 0 Å². The molecule has 1 aromatic rings. The molecule has 1 aliphatic heterocycles. The molecule has 2 saturated carbocycles. The molecule has 4 heteroatoms. The smallest absolute Gasteiger partial charge is 0.226 e. The Labute approximate surface area is 126 Å². The second kappa shape index (κ2) is 4.05. The molecule has 4 rings (SSSR count). The van der Waals surface area contributed by atoms with Crippen LogP contribution in [-0.2, 0) is 23.3 Å². The van der Waals surface area contributed by atoms with Crippen molar-refractivity contribution in [2.24, 2.45) is 11.3 Å². The molecule has 2 aliphatic carbocycles. The molecule has 1 aromatic heterocycles. The first kappa shape index (κ1) is 13.2. The Morgan fingerprint density at radius 2 is 2.10 bits per heavy atom. The lowest BCUT2D eigenvalue weighted by Gasteiger charge is -2.27. The molecule has 1 amide bonds. The van der Waals surface area contributed by atoms with Crippen LogP contribution < -0.4 is 0 Å². The van der Waals surface area contributed by atoms with Crippen LogP contribution in [0, 0.1) is 11.3 Å². The van der Waals surface area contributed by atoms with Crippen LogP contribution in [-0.4, -0.2) is 20.8 Å². The van der Waals surface area contributed by atoms with Crippen molar-refractivity contribution < 1.29 is 4.79 Å². The molecule has 0 bridgehead atoms. The van der Waals surface area contributed by atoms with Crippen molar-refractivity contribution in [1.29, 1.82) is 0 Å². The molecule has 4 nitrogen and oxygen atoms in total. The minimum absolute atomic E-state index is 0.0427. The molecule has 21 heavy (non-hydrogen) atoms. The van der Waals surface area contributed by atoms with Gasteiger partial charge in [0.05, 0.1) is 12.2 Å². The summed E-state index contributed by atoms with van der Waals surface area (Å²) in [6, 6.07) is 0. The molecule has 1 unspecified atom stereocenters. The maximum absolute atomic E-state index is 12.6. The lowest BCUT2D eigenvalue weighted by Crippen LogP contribution is -2.30. The summed E-state index contributed by atoms with van der Waals surface area (Å²) in [5.74, 6) is 1.53. The summed E-state index contributed by atoms with van der Waals surface area (Å²) in [7, 11) is 0. The van der Waals surface area contributed by atoms with Gasteiger partial charge in [0.25, 0.3) is 0 Å². The summed E-state index contributed by atoms with van der Waals surface area (Å²) in [6.45, 7) is 7.74. The van der Waals surface area contributed by atoms with Gasteiger partial charge >= 0.3 is 0 Å². The van der Waals surface area contributed by atoms with Gasteiger partial charge in [-0.15, -0.1) is 0 Å². The number of aromatic nitrogens is 2. The summed E-state index contributed by atoms with van der Waals surface area (Å²) >= 11 is 0. The molecule has 0 aromatic carbocycles. The third-order valence-electron chi connectivity index (χ3n) is 5.48. The topological polar surface area (TPSA) is 46.1 Å². The van der Waals surface area contributed by atoms with E-state index in [1.54, 1.807) is 0 Å². The van der Waals surface area contributed by atoms with Crippen molar-refractivity contribution in [3.8, 4) is 0 Å². The van der Waals surface area contributed by atoms with E-state index in [-0.39, 0.29) is 5.41 Å². The van der Waals surface area contributed by atoms with Gasteiger partial charge in [-0.1, -0.05) is 27.2 Å². The predicted molar refractivity (Wildman–Crippen MR) is 79.4 cm³/mol. The SMILES string of the molecule is CC(C)(C)c1ncc2c(n1)CN(C(=O)C1CC13CCC3)C2. The van der Waals surface area contributed by atoms with Gasteiger partial charge in [0.2, 0.25) is 5.91 Å². The summed E-state index contributed by atoms with van der Waals surface area (Å²) < 4.78 is 0. The van der Waals surface area contributed by atoms with Crippen LogP contribution in [0.5, 0.6) is 0 Å². The Kier molecular flexibility index (Phi) is 2.55. The lowest BCUT2D eigenvalue weighted by atomic mass is 9.79. The van der Waals surface area contributed by atoms with Crippen molar-refractivity contribution >= 4 is 5.91 Å². The molecule has 0 radical (unpaired) electrons. The predicted octanol–water partition coefficient (Wildman–Crippen LogP) is 2.81. The van der Waals surface area contributed by atoms with E-state index >= 15 is 0 Å². The van der Waals surface area contributed by atoms with Crippen LogP contribution in [0.15, 0.2) is 6.20 Å². The fraction of sp³-hybridized carbons (Fsp3) is 0.706. The fourth-order valence-corrected chi connectivity index (χ4v) is 3.77. The van der Waals surface area contributed by atoms with Crippen molar-refractivity contribution in [3.63, 3.8) is 0 Å². The molecule has 0 saturated heterocycles. The number of carbonyl (C=O) groups excluding carboxylic acids is 1. The van der Waals surface area contributed by atoms with Crippen molar-refractivity contribution in [2.75, 3.05) is 0 Å². The van der Waals surface area contributed by atoms with Gasteiger partial charge < -0.3 is 4.90 Å².